The number of ether oxygens (including phenoxy) is 1. The van der Waals surface area contributed by atoms with Gasteiger partial charge in [-0.1, -0.05) is 59.8 Å². The van der Waals surface area contributed by atoms with Crippen molar-refractivity contribution in [3.05, 3.63) is 108 Å². The number of hydrogen-bond donors (Lipinski definition) is 0. The second-order valence-corrected chi connectivity index (χ2v) is 9.07. The highest BCUT2D eigenvalue weighted by molar-refractivity contribution is 7.87. The molecule has 3 aromatic rings. The summed E-state index contributed by atoms with van der Waals surface area (Å²) in [6.45, 7) is 5.82. The molecule has 178 valence electrons. The summed E-state index contributed by atoms with van der Waals surface area (Å²) in [6.07, 6.45) is 3.57. The monoisotopic (exact) mass is 489 g/mol. The van der Waals surface area contributed by atoms with Gasteiger partial charge in [-0.05, 0) is 49.2 Å². The van der Waals surface area contributed by atoms with Crippen molar-refractivity contribution < 1.29 is 27.0 Å². The van der Waals surface area contributed by atoms with Crippen LogP contribution in [-0.2, 0) is 26.2 Å². The summed E-state index contributed by atoms with van der Waals surface area (Å²) >= 11 is 0. The maximum absolute atomic E-state index is 12.9. The molecule has 0 saturated heterocycles. The van der Waals surface area contributed by atoms with Gasteiger partial charge in [-0.3, -0.25) is 0 Å². The third kappa shape index (κ3) is 5.33. The largest absolute Gasteiger partial charge is 0.490 e. The van der Waals surface area contributed by atoms with Gasteiger partial charge in [0.1, 0.15) is 10.6 Å². The number of hydrogen-bond acceptors (Lipinski definition) is 7. The van der Waals surface area contributed by atoms with Crippen LogP contribution in [-0.4, -0.2) is 26.7 Å². The Morgan fingerprint density at radius 3 is 2.37 bits per heavy atom. The molecule has 0 spiro atoms. The van der Waals surface area contributed by atoms with Gasteiger partial charge in [-0.15, -0.1) is 6.58 Å². The summed E-state index contributed by atoms with van der Waals surface area (Å²) in [5.41, 5.74) is 2.53. The Hall–Kier alpha value is -4.17. The Morgan fingerprint density at radius 2 is 1.71 bits per heavy atom. The molecule has 0 unspecified atom stereocenters. The number of nitrogens with zero attached hydrogens (tertiary/aromatic N) is 1. The molecule has 8 heteroatoms. The second kappa shape index (κ2) is 10.4. The third-order valence-electron chi connectivity index (χ3n) is 5.10. The molecule has 0 radical (unpaired) electrons. The van der Waals surface area contributed by atoms with E-state index in [-0.39, 0.29) is 28.6 Å². The molecule has 1 heterocycles. The van der Waals surface area contributed by atoms with Crippen molar-refractivity contribution >= 4 is 27.9 Å². The summed E-state index contributed by atoms with van der Waals surface area (Å²) in [7, 11) is -4.11. The Kier molecular flexibility index (Phi) is 7.12. The number of oxime groups is 1. The lowest BCUT2D eigenvalue weighted by atomic mass is 9.99. The molecule has 35 heavy (non-hydrogen) atoms. The van der Waals surface area contributed by atoms with Crippen LogP contribution < -0.4 is 8.92 Å². The van der Waals surface area contributed by atoms with Crippen LogP contribution >= 0.6 is 0 Å². The quantitative estimate of drug-likeness (QED) is 0.183. The summed E-state index contributed by atoms with van der Waals surface area (Å²) in [5, 5.41) is 3.93. The van der Waals surface area contributed by atoms with Crippen LogP contribution in [0.25, 0.3) is 6.08 Å². The van der Waals surface area contributed by atoms with Crippen molar-refractivity contribution in [2.75, 3.05) is 6.61 Å². The van der Waals surface area contributed by atoms with Gasteiger partial charge in [0.2, 0.25) is 0 Å². The molecule has 0 bridgehead atoms. The molecule has 0 atom stereocenters. The number of rotatable bonds is 9. The smallest absolute Gasteiger partial charge is 0.368 e. The van der Waals surface area contributed by atoms with Crippen molar-refractivity contribution in [3.63, 3.8) is 0 Å². The Labute approximate surface area is 204 Å². The van der Waals surface area contributed by atoms with Gasteiger partial charge in [0, 0.05) is 11.1 Å². The number of allylic oxidation sites excluding steroid dienone is 1. The first-order valence-electron chi connectivity index (χ1n) is 10.9. The maximum Gasteiger partial charge on any atom is 0.368 e. The van der Waals surface area contributed by atoms with E-state index in [1.54, 1.807) is 49.4 Å². The third-order valence-corrected chi connectivity index (χ3v) is 6.33. The molecule has 0 fully saturated rings. The molecule has 0 saturated carbocycles. The zero-order chi connectivity index (χ0) is 24.8. The highest BCUT2D eigenvalue weighted by Gasteiger charge is 2.28. The highest BCUT2D eigenvalue weighted by atomic mass is 32.2. The van der Waals surface area contributed by atoms with Crippen molar-refractivity contribution in [1.29, 1.82) is 0 Å². The summed E-state index contributed by atoms with van der Waals surface area (Å²) in [6, 6.07) is 20.4. The molecule has 1 aliphatic rings. The van der Waals surface area contributed by atoms with Crippen molar-refractivity contribution in [1.82, 2.24) is 0 Å². The van der Waals surface area contributed by atoms with Gasteiger partial charge < -0.3 is 13.8 Å². The van der Waals surface area contributed by atoms with Crippen LogP contribution in [0.2, 0.25) is 0 Å². The van der Waals surface area contributed by atoms with Crippen LogP contribution in [0.5, 0.6) is 11.5 Å². The summed E-state index contributed by atoms with van der Waals surface area (Å²) < 4.78 is 37.2. The highest BCUT2D eigenvalue weighted by Crippen LogP contribution is 2.37. The minimum absolute atomic E-state index is 0.0237. The SMILES string of the molecule is C=CCc1cc(/C=C2\C(=O)ON=C2c2ccccc2)cc(OCC)c1OS(=O)(=O)c1ccccc1. The normalized spacial score (nSPS) is 14.4. The molecule has 0 N–H and O–H groups in total. The van der Waals surface area contributed by atoms with Gasteiger partial charge in [-0.25, -0.2) is 4.79 Å². The number of carbonyl (C=O) groups is 1. The Bertz CT molecular complexity index is 1410. The van der Waals surface area contributed by atoms with Gasteiger partial charge in [0.25, 0.3) is 0 Å². The van der Waals surface area contributed by atoms with E-state index in [1.165, 1.54) is 12.1 Å². The number of benzene rings is 3. The van der Waals surface area contributed by atoms with E-state index in [1.807, 2.05) is 30.3 Å². The molecule has 7 nitrogen and oxygen atoms in total. The van der Waals surface area contributed by atoms with Crippen molar-refractivity contribution in [2.45, 2.75) is 18.2 Å². The second-order valence-electron chi connectivity index (χ2n) is 7.53. The van der Waals surface area contributed by atoms with E-state index in [9.17, 15) is 13.2 Å². The maximum atomic E-state index is 12.9. The molecular weight excluding hydrogens is 466 g/mol. The first-order chi connectivity index (χ1) is 16.9. The fourth-order valence-corrected chi connectivity index (χ4v) is 4.55. The predicted molar refractivity (Wildman–Crippen MR) is 133 cm³/mol. The van der Waals surface area contributed by atoms with E-state index in [0.29, 0.717) is 23.3 Å². The van der Waals surface area contributed by atoms with Crippen molar-refractivity contribution in [3.8, 4) is 11.5 Å². The lowest BCUT2D eigenvalue weighted by molar-refractivity contribution is -0.136. The van der Waals surface area contributed by atoms with Gasteiger partial charge in [-0.2, -0.15) is 8.42 Å². The minimum atomic E-state index is -4.11. The molecule has 1 aliphatic heterocycles. The van der Waals surface area contributed by atoms with Crippen LogP contribution in [0.15, 0.2) is 101 Å². The van der Waals surface area contributed by atoms with E-state index in [2.05, 4.69) is 11.7 Å². The van der Waals surface area contributed by atoms with Gasteiger partial charge in [0.05, 0.1) is 12.2 Å². The zero-order valence-corrected chi connectivity index (χ0v) is 19.8. The van der Waals surface area contributed by atoms with Crippen LogP contribution in [0.1, 0.15) is 23.6 Å². The lowest BCUT2D eigenvalue weighted by Gasteiger charge is -2.16. The summed E-state index contributed by atoms with van der Waals surface area (Å²) in [4.78, 5) is 17.4. The Balaban J connectivity index is 1.79. The van der Waals surface area contributed by atoms with Gasteiger partial charge in [0.15, 0.2) is 11.5 Å². The van der Waals surface area contributed by atoms with Crippen molar-refractivity contribution in [2.24, 2.45) is 5.16 Å². The van der Waals surface area contributed by atoms with E-state index in [4.69, 9.17) is 13.8 Å². The first-order valence-corrected chi connectivity index (χ1v) is 12.3. The molecule has 0 aliphatic carbocycles. The lowest BCUT2D eigenvalue weighted by Crippen LogP contribution is -2.12. The van der Waals surface area contributed by atoms with E-state index < -0.39 is 16.1 Å². The zero-order valence-electron chi connectivity index (χ0n) is 19.0. The average Bonchev–Trinajstić information content (AvgIpc) is 3.22. The van der Waals surface area contributed by atoms with Crippen LogP contribution in [0, 0.1) is 0 Å². The van der Waals surface area contributed by atoms with E-state index >= 15 is 0 Å². The molecular formula is C27H23NO6S. The average molecular weight is 490 g/mol. The Morgan fingerprint density at radius 1 is 1.03 bits per heavy atom. The molecule has 0 amide bonds. The standard InChI is InChI=1S/C27H23NO6S/c1-3-11-21-16-19(17-23-25(28-33-27(23)29)20-12-7-5-8-13-20)18-24(32-4-2)26(21)34-35(30,31)22-14-9-6-10-15-22/h3,5-10,12-18H,1,4,11H2,2H3/b23-17-. The molecule has 4 rings (SSSR count). The molecule has 3 aromatic carbocycles. The summed E-state index contributed by atoms with van der Waals surface area (Å²) in [5.74, 6) is -0.287. The van der Waals surface area contributed by atoms with Crippen LogP contribution in [0.3, 0.4) is 0 Å². The number of carbonyl (C=O) groups excluding carboxylic acids is 1. The first kappa shape index (κ1) is 24.0. The van der Waals surface area contributed by atoms with E-state index in [0.717, 1.165) is 5.56 Å². The topological polar surface area (TPSA) is 91.3 Å². The molecule has 0 aromatic heterocycles. The minimum Gasteiger partial charge on any atom is -0.490 e. The predicted octanol–water partition coefficient (Wildman–Crippen LogP) is 4.93. The van der Waals surface area contributed by atoms with Gasteiger partial charge >= 0.3 is 16.1 Å². The fourth-order valence-electron chi connectivity index (χ4n) is 3.56. The fraction of sp³-hybridized carbons (Fsp3) is 0.111. The van der Waals surface area contributed by atoms with Crippen LogP contribution in [0.4, 0.5) is 0 Å².